The van der Waals surface area contributed by atoms with E-state index in [1.165, 1.54) is 11.8 Å². The van der Waals surface area contributed by atoms with Crippen LogP contribution in [0.3, 0.4) is 0 Å². The molecule has 0 aromatic heterocycles. The van der Waals surface area contributed by atoms with Gasteiger partial charge in [-0.05, 0) is 5.56 Å². The number of rotatable bonds is 5. The number of amides is 2. The summed E-state index contributed by atoms with van der Waals surface area (Å²) in [4.78, 5) is 37.3. The maximum atomic E-state index is 12.4. The quantitative estimate of drug-likeness (QED) is 0.243. The molecule has 136 valence electrons. The van der Waals surface area contributed by atoms with E-state index in [1.807, 2.05) is 0 Å². The molecule has 1 fully saturated rings. The maximum absolute atomic E-state index is 12.4. The lowest BCUT2D eigenvalue weighted by atomic mass is 10.0. The molecule has 0 bridgehead atoms. The topological polar surface area (TPSA) is 145 Å². The standard InChI is InChI=1S/C16H16N4O5S/c17-10(8-4-2-1-3-5-8)13(21)19-11-14(22)20-12(16(23)24)9(6-18-25)7-26-15(11)20/h1-6,10-11,15,25H,7,17H2,(H,19,21)(H,23,24)/t10?,11-,15-/m1/s1. The van der Waals surface area contributed by atoms with Gasteiger partial charge in [0.2, 0.25) is 5.91 Å². The van der Waals surface area contributed by atoms with Crippen LogP contribution in [0.25, 0.3) is 0 Å². The smallest absolute Gasteiger partial charge is 0.353 e. The van der Waals surface area contributed by atoms with Crippen LogP contribution in [0.4, 0.5) is 0 Å². The van der Waals surface area contributed by atoms with E-state index in [-0.39, 0.29) is 17.0 Å². The summed E-state index contributed by atoms with van der Waals surface area (Å²) in [5, 5.41) is 22.9. The predicted octanol–water partition coefficient (Wildman–Crippen LogP) is -0.115. The summed E-state index contributed by atoms with van der Waals surface area (Å²) < 4.78 is 0. The van der Waals surface area contributed by atoms with Crippen molar-refractivity contribution in [3.63, 3.8) is 0 Å². The molecule has 9 nitrogen and oxygen atoms in total. The van der Waals surface area contributed by atoms with Crippen molar-refractivity contribution in [2.24, 2.45) is 10.9 Å². The number of benzene rings is 1. The lowest BCUT2D eigenvalue weighted by Gasteiger charge is -2.49. The zero-order valence-electron chi connectivity index (χ0n) is 13.4. The van der Waals surface area contributed by atoms with Crippen LogP contribution in [0.1, 0.15) is 11.6 Å². The van der Waals surface area contributed by atoms with Crippen molar-refractivity contribution in [3.8, 4) is 0 Å². The minimum absolute atomic E-state index is 0.223. The summed E-state index contributed by atoms with van der Waals surface area (Å²) in [5.74, 6) is -2.13. The molecule has 5 N–H and O–H groups in total. The van der Waals surface area contributed by atoms with E-state index < -0.39 is 35.2 Å². The van der Waals surface area contributed by atoms with Crippen LogP contribution in [0.2, 0.25) is 0 Å². The molecule has 0 aliphatic carbocycles. The second-order valence-electron chi connectivity index (χ2n) is 5.71. The molecule has 1 unspecified atom stereocenters. The molecule has 0 spiro atoms. The zero-order chi connectivity index (χ0) is 18.8. The predicted molar refractivity (Wildman–Crippen MR) is 93.3 cm³/mol. The van der Waals surface area contributed by atoms with Gasteiger partial charge in [-0.15, -0.1) is 11.8 Å². The van der Waals surface area contributed by atoms with Gasteiger partial charge in [0.05, 0.1) is 6.21 Å². The number of carboxylic acid groups (broad SMARTS) is 1. The Morgan fingerprint density at radius 1 is 1.38 bits per heavy atom. The SMILES string of the molecule is NC(C(=O)N[C@@H]1C(=O)N2C(C(=O)O)=C(C=NO)CS[C@H]12)c1ccccc1. The van der Waals surface area contributed by atoms with Crippen LogP contribution >= 0.6 is 11.8 Å². The number of fused-ring (bicyclic) bond motifs is 1. The van der Waals surface area contributed by atoms with Crippen LogP contribution in [-0.4, -0.2) is 56.4 Å². The highest BCUT2D eigenvalue weighted by atomic mass is 32.2. The molecule has 0 saturated carbocycles. The van der Waals surface area contributed by atoms with Gasteiger partial charge < -0.3 is 21.4 Å². The van der Waals surface area contributed by atoms with Crippen LogP contribution in [0.5, 0.6) is 0 Å². The number of thioether (sulfide) groups is 1. The van der Waals surface area contributed by atoms with E-state index in [0.717, 1.165) is 11.1 Å². The second kappa shape index (κ2) is 7.18. The van der Waals surface area contributed by atoms with Gasteiger partial charge in [-0.3, -0.25) is 14.5 Å². The average Bonchev–Trinajstić information content (AvgIpc) is 2.65. The summed E-state index contributed by atoms with van der Waals surface area (Å²) >= 11 is 1.27. The minimum Gasteiger partial charge on any atom is -0.477 e. The van der Waals surface area contributed by atoms with Gasteiger partial charge in [-0.1, -0.05) is 35.5 Å². The van der Waals surface area contributed by atoms with Gasteiger partial charge in [0.1, 0.15) is 23.2 Å². The van der Waals surface area contributed by atoms with Crippen molar-refractivity contribution in [1.29, 1.82) is 0 Å². The first-order chi connectivity index (χ1) is 12.5. The van der Waals surface area contributed by atoms with Gasteiger partial charge in [-0.2, -0.15) is 0 Å². The number of carbonyl (C=O) groups is 3. The number of aliphatic carboxylic acids is 1. The Labute approximate surface area is 152 Å². The third kappa shape index (κ3) is 3.04. The summed E-state index contributed by atoms with van der Waals surface area (Å²) in [7, 11) is 0. The van der Waals surface area contributed by atoms with Crippen molar-refractivity contribution in [3.05, 3.63) is 47.2 Å². The Morgan fingerprint density at radius 2 is 2.08 bits per heavy atom. The molecular formula is C16H16N4O5S. The van der Waals surface area contributed by atoms with Crippen molar-refractivity contribution >= 4 is 35.8 Å². The Hall–Kier alpha value is -2.85. The van der Waals surface area contributed by atoms with Crippen molar-refractivity contribution in [2.75, 3.05) is 5.75 Å². The number of carbonyl (C=O) groups excluding carboxylic acids is 2. The number of nitrogens with two attached hydrogens (primary N) is 1. The van der Waals surface area contributed by atoms with Gasteiger partial charge in [0.15, 0.2) is 0 Å². The van der Waals surface area contributed by atoms with Crippen molar-refractivity contribution in [2.45, 2.75) is 17.5 Å². The lowest BCUT2D eigenvalue weighted by Crippen LogP contribution is -2.71. The van der Waals surface area contributed by atoms with Gasteiger partial charge in [-0.25, -0.2) is 4.79 Å². The monoisotopic (exact) mass is 376 g/mol. The second-order valence-corrected chi connectivity index (χ2v) is 6.81. The highest BCUT2D eigenvalue weighted by molar-refractivity contribution is 8.00. The fourth-order valence-electron chi connectivity index (χ4n) is 2.87. The molecule has 3 atom stereocenters. The molecule has 1 aromatic rings. The van der Waals surface area contributed by atoms with E-state index in [4.69, 9.17) is 10.9 Å². The first kappa shape index (κ1) is 18.0. The molecule has 3 rings (SSSR count). The number of hydrogen-bond donors (Lipinski definition) is 4. The van der Waals surface area contributed by atoms with Crippen LogP contribution in [-0.2, 0) is 14.4 Å². The number of β-lactam (4-membered cyclic amide) rings is 1. The number of hydrogen-bond acceptors (Lipinski definition) is 7. The minimum atomic E-state index is -1.30. The largest absolute Gasteiger partial charge is 0.477 e. The molecular weight excluding hydrogens is 360 g/mol. The highest BCUT2D eigenvalue weighted by Gasteiger charge is 2.54. The third-order valence-electron chi connectivity index (χ3n) is 4.15. The Morgan fingerprint density at radius 3 is 2.69 bits per heavy atom. The first-order valence-corrected chi connectivity index (χ1v) is 8.70. The summed E-state index contributed by atoms with van der Waals surface area (Å²) in [6, 6.07) is 6.93. The molecule has 2 aliphatic heterocycles. The molecule has 2 aliphatic rings. The normalized spacial score (nSPS) is 23.4. The van der Waals surface area contributed by atoms with E-state index >= 15 is 0 Å². The zero-order valence-corrected chi connectivity index (χ0v) is 14.2. The molecule has 10 heteroatoms. The number of nitrogens with one attached hydrogen (secondary N) is 1. The molecule has 1 aromatic carbocycles. The fourth-order valence-corrected chi connectivity index (χ4v) is 4.16. The van der Waals surface area contributed by atoms with E-state index in [9.17, 15) is 19.5 Å². The van der Waals surface area contributed by atoms with Gasteiger partial charge >= 0.3 is 5.97 Å². The lowest BCUT2D eigenvalue weighted by molar-refractivity contribution is -0.150. The fraction of sp³-hybridized carbons (Fsp3) is 0.250. The first-order valence-electron chi connectivity index (χ1n) is 7.65. The third-order valence-corrected chi connectivity index (χ3v) is 5.46. The number of oxime groups is 1. The Balaban J connectivity index is 1.75. The van der Waals surface area contributed by atoms with Crippen LogP contribution < -0.4 is 11.1 Å². The molecule has 2 heterocycles. The molecule has 0 radical (unpaired) electrons. The number of carboxylic acids is 1. The molecule has 2 amide bonds. The summed E-state index contributed by atoms with van der Waals surface area (Å²) in [5.41, 5.74) is 6.51. The summed E-state index contributed by atoms with van der Waals surface area (Å²) in [6.07, 6.45) is 0.997. The van der Waals surface area contributed by atoms with E-state index in [0.29, 0.717) is 5.56 Å². The number of nitrogens with zero attached hydrogens (tertiary/aromatic N) is 2. The average molecular weight is 376 g/mol. The van der Waals surface area contributed by atoms with E-state index in [2.05, 4.69) is 10.5 Å². The summed E-state index contributed by atoms with van der Waals surface area (Å²) in [6.45, 7) is 0. The Bertz CT molecular complexity index is 810. The van der Waals surface area contributed by atoms with Crippen molar-refractivity contribution in [1.82, 2.24) is 10.2 Å². The Kier molecular flexibility index (Phi) is 4.96. The van der Waals surface area contributed by atoms with E-state index in [1.54, 1.807) is 30.3 Å². The maximum Gasteiger partial charge on any atom is 0.353 e. The highest BCUT2D eigenvalue weighted by Crippen LogP contribution is 2.40. The molecule has 26 heavy (non-hydrogen) atoms. The van der Waals surface area contributed by atoms with Gasteiger partial charge in [0.25, 0.3) is 5.91 Å². The van der Waals surface area contributed by atoms with Crippen molar-refractivity contribution < 1.29 is 24.7 Å². The van der Waals surface area contributed by atoms with Crippen LogP contribution in [0, 0.1) is 0 Å². The van der Waals surface area contributed by atoms with Gasteiger partial charge in [0, 0.05) is 11.3 Å². The van der Waals surface area contributed by atoms with Crippen LogP contribution in [0.15, 0.2) is 46.8 Å². The molecule has 1 saturated heterocycles.